The second kappa shape index (κ2) is 16.0. The lowest BCUT2D eigenvalue weighted by atomic mass is 9.67. The molecule has 0 aliphatic heterocycles. The van der Waals surface area contributed by atoms with Crippen molar-refractivity contribution in [3.05, 3.63) is 58.7 Å². The molecule has 2 N–H and O–H groups in total. The predicted molar refractivity (Wildman–Crippen MR) is 153 cm³/mol. The van der Waals surface area contributed by atoms with Gasteiger partial charge in [-0.3, -0.25) is 0 Å². The van der Waals surface area contributed by atoms with Crippen LogP contribution in [0, 0.1) is 13.8 Å². The van der Waals surface area contributed by atoms with E-state index in [9.17, 15) is 10.2 Å². The van der Waals surface area contributed by atoms with Crippen LogP contribution in [0.15, 0.2) is 36.4 Å². The van der Waals surface area contributed by atoms with Crippen LogP contribution in [0.2, 0.25) is 0 Å². The first-order valence-corrected chi connectivity index (χ1v) is 14.8. The van der Waals surface area contributed by atoms with Gasteiger partial charge in [-0.2, -0.15) is 0 Å². The van der Waals surface area contributed by atoms with Crippen LogP contribution >= 0.6 is 0 Å². The van der Waals surface area contributed by atoms with Gasteiger partial charge < -0.3 is 19.7 Å². The first kappa shape index (κ1) is 29.5. The van der Waals surface area contributed by atoms with Gasteiger partial charge in [0.25, 0.3) is 0 Å². The zero-order valence-corrected chi connectivity index (χ0v) is 23.4. The van der Waals surface area contributed by atoms with Gasteiger partial charge in [-0.05, 0) is 61.1 Å². The van der Waals surface area contributed by atoms with Crippen LogP contribution in [-0.2, 0) is 5.41 Å². The fourth-order valence-corrected chi connectivity index (χ4v) is 6.02. The standard InChI is InChI=1S/C33H50O4/c1-27-25-29(15-17-31(27)36-23-21-34)33(30-16-18-32(28(2)26-30)37-24-22-35)19-13-11-9-7-5-3-4-6-8-10-12-14-20-33/h15-18,25-26,34-35H,3-14,19-24H2,1-2H3. The molecule has 1 aliphatic carbocycles. The maximum Gasteiger partial charge on any atom is 0.122 e. The fourth-order valence-electron chi connectivity index (χ4n) is 6.02. The molecule has 0 saturated heterocycles. The third-order valence-corrected chi connectivity index (χ3v) is 8.11. The van der Waals surface area contributed by atoms with E-state index < -0.39 is 0 Å². The van der Waals surface area contributed by atoms with Gasteiger partial charge in [0.05, 0.1) is 13.2 Å². The number of ether oxygens (including phenoxy) is 2. The predicted octanol–water partition coefficient (Wildman–Crippen LogP) is 7.81. The summed E-state index contributed by atoms with van der Waals surface area (Å²) in [6.45, 7) is 4.92. The van der Waals surface area contributed by atoms with Gasteiger partial charge in [0.15, 0.2) is 0 Å². The Morgan fingerprint density at radius 3 is 1.24 bits per heavy atom. The molecular weight excluding hydrogens is 460 g/mol. The summed E-state index contributed by atoms with van der Waals surface area (Å²) in [7, 11) is 0. The minimum Gasteiger partial charge on any atom is -0.491 e. The SMILES string of the molecule is Cc1cc(C2(c3ccc(OCCO)c(C)c3)CCCCCCCCCCCCCC2)ccc1OCCO. The van der Waals surface area contributed by atoms with Crippen molar-refractivity contribution >= 4 is 0 Å². The number of aliphatic hydroxyl groups excluding tert-OH is 2. The Bertz CT molecular complexity index is 847. The van der Waals surface area contributed by atoms with Crippen molar-refractivity contribution in [3.63, 3.8) is 0 Å². The molecule has 1 fully saturated rings. The molecule has 2 aromatic carbocycles. The Morgan fingerprint density at radius 1 is 0.568 bits per heavy atom. The normalized spacial score (nSPS) is 17.9. The number of aryl methyl sites for hydroxylation is 2. The van der Waals surface area contributed by atoms with E-state index in [1.54, 1.807) is 0 Å². The highest BCUT2D eigenvalue weighted by Crippen LogP contribution is 2.44. The van der Waals surface area contributed by atoms with Crippen LogP contribution in [0.25, 0.3) is 0 Å². The molecule has 0 atom stereocenters. The molecule has 0 spiro atoms. The third-order valence-electron chi connectivity index (χ3n) is 8.11. The van der Waals surface area contributed by atoms with Crippen molar-refractivity contribution < 1.29 is 19.7 Å². The van der Waals surface area contributed by atoms with E-state index in [4.69, 9.17) is 9.47 Å². The molecule has 37 heavy (non-hydrogen) atoms. The van der Waals surface area contributed by atoms with E-state index in [1.807, 2.05) is 0 Å². The number of hydrogen-bond donors (Lipinski definition) is 2. The minimum atomic E-state index is -0.0548. The molecule has 0 heterocycles. The van der Waals surface area contributed by atoms with Crippen molar-refractivity contribution in [2.75, 3.05) is 26.4 Å². The fraction of sp³-hybridized carbons (Fsp3) is 0.636. The molecule has 0 amide bonds. The van der Waals surface area contributed by atoms with E-state index in [1.165, 1.54) is 88.2 Å². The lowest BCUT2D eigenvalue weighted by molar-refractivity contribution is 0.200. The van der Waals surface area contributed by atoms with Gasteiger partial charge in [0.2, 0.25) is 0 Å². The number of hydrogen-bond acceptors (Lipinski definition) is 4. The highest BCUT2D eigenvalue weighted by molar-refractivity contribution is 5.48. The molecule has 0 unspecified atom stereocenters. The average Bonchev–Trinajstić information content (AvgIpc) is 2.91. The van der Waals surface area contributed by atoms with Gasteiger partial charge >= 0.3 is 0 Å². The summed E-state index contributed by atoms with van der Waals surface area (Å²) in [5, 5.41) is 18.5. The molecular formula is C33H50O4. The summed E-state index contributed by atoms with van der Waals surface area (Å²) < 4.78 is 11.6. The van der Waals surface area contributed by atoms with Crippen LogP contribution in [0.4, 0.5) is 0 Å². The second-order valence-electron chi connectivity index (χ2n) is 10.9. The Kier molecular flexibility index (Phi) is 12.8. The van der Waals surface area contributed by atoms with E-state index in [-0.39, 0.29) is 18.6 Å². The van der Waals surface area contributed by atoms with Crippen LogP contribution in [0.5, 0.6) is 11.5 Å². The first-order valence-electron chi connectivity index (χ1n) is 14.8. The monoisotopic (exact) mass is 510 g/mol. The summed E-state index contributed by atoms with van der Waals surface area (Å²) in [6, 6.07) is 13.4. The number of rotatable bonds is 8. The molecule has 1 aliphatic rings. The maximum absolute atomic E-state index is 9.23. The quantitative estimate of drug-likeness (QED) is 0.380. The van der Waals surface area contributed by atoms with Gasteiger partial charge in [0.1, 0.15) is 24.7 Å². The third kappa shape index (κ3) is 8.75. The van der Waals surface area contributed by atoms with Crippen molar-refractivity contribution in [3.8, 4) is 11.5 Å². The molecule has 3 rings (SSSR count). The van der Waals surface area contributed by atoms with Gasteiger partial charge in [-0.1, -0.05) is 101 Å². The van der Waals surface area contributed by atoms with E-state index >= 15 is 0 Å². The van der Waals surface area contributed by atoms with Crippen LogP contribution in [0.1, 0.15) is 112 Å². The van der Waals surface area contributed by atoms with Crippen molar-refractivity contribution in [1.29, 1.82) is 0 Å². The van der Waals surface area contributed by atoms with Crippen LogP contribution in [0.3, 0.4) is 0 Å². The highest BCUT2D eigenvalue weighted by Gasteiger charge is 2.34. The molecule has 0 bridgehead atoms. The van der Waals surface area contributed by atoms with E-state index in [0.717, 1.165) is 35.5 Å². The average molecular weight is 511 g/mol. The van der Waals surface area contributed by atoms with Gasteiger partial charge in [-0.15, -0.1) is 0 Å². The summed E-state index contributed by atoms with van der Waals surface area (Å²) in [4.78, 5) is 0. The molecule has 0 aromatic heterocycles. The second-order valence-corrected chi connectivity index (χ2v) is 10.9. The minimum absolute atomic E-state index is 0.0229. The maximum atomic E-state index is 9.23. The molecule has 4 heteroatoms. The summed E-state index contributed by atoms with van der Waals surface area (Å²) in [5.74, 6) is 1.71. The summed E-state index contributed by atoms with van der Waals surface area (Å²) in [6.07, 6.45) is 18.2. The van der Waals surface area contributed by atoms with Gasteiger partial charge in [-0.25, -0.2) is 0 Å². The smallest absolute Gasteiger partial charge is 0.122 e. The number of benzene rings is 2. The zero-order chi connectivity index (χ0) is 26.3. The molecule has 1 saturated carbocycles. The van der Waals surface area contributed by atoms with E-state index in [0.29, 0.717) is 13.2 Å². The molecule has 0 radical (unpaired) electrons. The van der Waals surface area contributed by atoms with Crippen molar-refractivity contribution in [2.24, 2.45) is 0 Å². The Labute approximate surface area is 225 Å². The lowest BCUT2D eigenvalue weighted by Crippen LogP contribution is -2.28. The van der Waals surface area contributed by atoms with Crippen LogP contribution < -0.4 is 9.47 Å². The zero-order valence-electron chi connectivity index (χ0n) is 23.4. The first-order chi connectivity index (χ1) is 18.1. The Morgan fingerprint density at radius 2 is 0.919 bits per heavy atom. The Balaban J connectivity index is 1.99. The number of aliphatic hydroxyl groups is 2. The topological polar surface area (TPSA) is 58.9 Å². The van der Waals surface area contributed by atoms with Crippen LogP contribution in [-0.4, -0.2) is 36.6 Å². The summed E-state index contributed by atoms with van der Waals surface area (Å²) in [5.41, 5.74) is 4.94. The lowest BCUT2D eigenvalue weighted by Gasteiger charge is -2.37. The van der Waals surface area contributed by atoms with Gasteiger partial charge in [0, 0.05) is 5.41 Å². The summed E-state index contributed by atoms with van der Waals surface area (Å²) >= 11 is 0. The molecule has 206 valence electrons. The van der Waals surface area contributed by atoms with E-state index in [2.05, 4.69) is 50.2 Å². The Hall–Kier alpha value is -2.04. The van der Waals surface area contributed by atoms with Crippen molar-refractivity contribution in [2.45, 2.75) is 109 Å². The molecule has 2 aromatic rings. The van der Waals surface area contributed by atoms with Crippen molar-refractivity contribution in [1.82, 2.24) is 0 Å². The largest absolute Gasteiger partial charge is 0.491 e. The highest BCUT2D eigenvalue weighted by atomic mass is 16.5. The molecule has 4 nitrogen and oxygen atoms in total.